The molecule has 1 atom stereocenters. The molecule has 0 saturated carbocycles. The molecule has 0 aliphatic heterocycles. The van der Waals surface area contributed by atoms with Gasteiger partial charge >= 0.3 is 12.1 Å². The number of ether oxygens (including phenoxy) is 3. The minimum atomic E-state index is -4.59. The highest BCUT2D eigenvalue weighted by molar-refractivity contribution is 5.89. The van der Waals surface area contributed by atoms with Crippen LogP contribution in [0.3, 0.4) is 0 Å². The van der Waals surface area contributed by atoms with Gasteiger partial charge < -0.3 is 18.8 Å². The third-order valence-electron chi connectivity index (χ3n) is 6.71. The Kier molecular flexibility index (Phi) is 10.7. The molecule has 0 aliphatic carbocycles. The molecule has 0 radical (unpaired) electrons. The summed E-state index contributed by atoms with van der Waals surface area (Å²) in [7, 11) is 1.67. The predicted octanol–water partition coefficient (Wildman–Crippen LogP) is 8.38. The summed E-state index contributed by atoms with van der Waals surface area (Å²) in [5, 5.41) is 0.944. The number of unbranched alkanes of at least 4 members (excludes halogenated alkanes) is 2. The normalized spacial score (nSPS) is 12.5. The molecular weight excluding hydrogens is 519 g/mol. The van der Waals surface area contributed by atoms with Gasteiger partial charge in [-0.2, -0.15) is 13.2 Å². The Morgan fingerprint density at radius 3 is 2.42 bits per heavy atom. The van der Waals surface area contributed by atoms with Crippen LogP contribution in [0.5, 0.6) is 11.5 Å². The van der Waals surface area contributed by atoms with Gasteiger partial charge in [-0.05, 0) is 61.6 Å². The lowest BCUT2D eigenvalue weighted by Gasteiger charge is -2.21. The highest BCUT2D eigenvalue weighted by Crippen LogP contribution is 2.37. The maximum Gasteiger partial charge on any atom is 0.398 e. The molecule has 0 saturated heterocycles. The fraction of sp³-hybridized carbons (Fsp3) is 0.469. The van der Waals surface area contributed by atoms with E-state index in [9.17, 15) is 18.0 Å². The topological polar surface area (TPSA) is 49.7 Å². The third-order valence-corrected chi connectivity index (χ3v) is 6.71. The first-order valence-electron chi connectivity index (χ1n) is 13.8. The van der Waals surface area contributed by atoms with Crippen LogP contribution in [-0.4, -0.2) is 37.0 Å². The number of hydrogen-bond donors (Lipinski definition) is 0. The molecule has 8 heteroatoms. The second-order valence-corrected chi connectivity index (χ2v) is 10.7. The lowest BCUT2D eigenvalue weighted by Crippen LogP contribution is -2.33. The average Bonchev–Trinajstić information content (AvgIpc) is 3.24. The van der Waals surface area contributed by atoms with Crippen molar-refractivity contribution >= 4 is 16.9 Å². The van der Waals surface area contributed by atoms with E-state index in [0.717, 1.165) is 47.2 Å². The summed E-state index contributed by atoms with van der Waals surface area (Å²) in [6, 6.07) is 13.7. The van der Waals surface area contributed by atoms with Crippen LogP contribution in [0.1, 0.15) is 52.5 Å². The van der Waals surface area contributed by atoms with Crippen LogP contribution >= 0.6 is 0 Å². The molecule has 0 N–H and O–H groups in total. The van der Waals surface area contributed by atoms with Crippen molar-refractivity contribution in [1.82, 2.24) is 4.57 Å². The first kappa shape index (κ1) is 31.1. The molecule has 2 aromatic carbocycles. The van der Waals surface area contributed by atoms with E-state index in [0.29, 0.717) is 18.2 Å². The lowest BCUT2D eigenvalue weighted by atomic mass is 10.0. The summed E-state index contributed by atoms with van der Waals surface area (Å²) in [5.74, 6) is -1.42. The van der Waals surface area contributed by atoms with E-state index >= 15 is 0 Å². The highest BCUT2D eigenvalue weighted by Gasteiger charge is 2.41. The van der Waals surface area contributed by atoms with Gasteiger partial charge in [-0.3, -0.25) is 0 Å². The van der Waals surface area contributed by atoms with Gasteiger partial charge in [0.25, 0.3) is 0 Å². The van der Waals surface area contributed by atoms with E-state index in [2.05, 4.69) is 56.2 Å². The minimum Gasteiger partial charge on any atom is -0.496 e. The lowest BCUT2D eigenvalue weighted by molar-refractivity contribution is -0.196. The first-order valence-corrected chi connectivity index (χ1v) is 13.8. The molecule has 40 heavy (non-hydrogen) atoms. The summed E-state index contributed by atoms with van der Waals surface area (Å²) in [6.07, 6.45) is -0.133. The van der Waals surface area contributed by atoms with Gasteiger partial charge in [-0.25, -0.2) is 4.79 Å². The van der Waals surface area contributed by atoms with Crippen molar-refractivity contribution in [3.8, 4) is 22.8 Å². The maximum atomic E-state index is 13.6. The number of alkyl halides is 3. The van der Waals surface area contributed by atoms with Crippen molar-refractivity contribution < 1.29 is 32.2 Å². The van der Waals surface area contributed by atoms with Crippen molar-refractivity contribution in [3.05, 3.63) is 60.2 Å². The Labute approximate surface area is 234 Å². The van der Waals surface area contributed by atoms with Gasteiger partial charge in [-0.15, -0.1) is 0 Å². The molecule has 1 heterocycles. The van der Waals surface area contributed by atoms with Gasteiger partial charge in [0, 0.05) is 29.1 Å². The number of benzene rings is 2. The molecule has 1 aromatic heterocycles. The molecule has 5 nitrogen and oxygen atoms in total. The molecule has 1 unspecified atom stereocenters. The second kappa shape index (κ2) is 13.8. The Hall–Kier alpha value is -3.42. The van der Waals surface area contributed by atoms with E-state index in [1.165, 1.54) is 18.9 Å². The summed E-state index contributed by atoms with van der Waals surface area (Å²) < 4.78 is 59.1. The number of fused-ring (bicyclic) bond motifs is 1. The fourth-order valence-electron chi connectivity index (χ4n) is 4.52. The largest absolute Gasteiger partial charge is 0.496 e. The van der Waals surface area contributed by atoms with Crippen molar-refractivity contribution in [1.29, 1.82) is 0 Å². The zero-order valence-corrected chi connectivity index (χ0v) is 24.1. The van der Waals surface area contributed by atoms with Crippen LogP contribution < -0.4 is 9.47 Å². The van der Waals surface area contributed by atoms with Crippen LogP contribution in [0, 0.1) is 11.8 Å². The number of aromatic nitrogens is 1. The van der Waals surface area contributed by atoms with Crippen LogP contribution in [0.2, 0.25) is 0 Å². The predicted molar refractivity (Wildman–Crippen MR) is 153 cm³/mol. The maximum absolute atomic E-state index is 13.6. The highest BCUT2D eigenvalue weighted by atomic mass is 19.4. The zero-order chi connectivity index (χ0) is 29.4. The molecule has 0 spiro atoms. The van der Waals surface area contributed by atoms with Gasteiger partial charge in [-0.1, -0.05) is 46.3 Å². The standard InChI is InChI=1S/C32H40F3NO4/c1-7-8-9-10-23-11-14-27(30(15-23)38-6)29-16-24-12-13-26(17-28(24)36(29)18-21(2)3)39-19-25(32(33,34)35)20-40-31(37)22(4)5/h11-17,21,25H,4,7-10,18-20H2,1-3,5-6H3. The number of hydrogen-bond acceptors (Lipinski definition) is 4. The third kappa shape index (κ3) is 8.05. The van der Waals surface area contributed by atoms with Crippen LogP contribution in [-0.2, 0) is 22.5 Å². The second-order valence-electron chi connectivity index (χ2n) is 10.7. The van der Waals surface area contributed by atoms with Gasteiger partial charge in [0.15, 0.2) is 0 Å². The van der Waals surface area contributed by atoms with Crippen molar-refractivity contribution in [2.24, 2.45) is 11.8 Å². The Morgan fingerprint density at radius 2 is 1.80 bits per heavy atom. The van der Waals surface area contributed by atoms with E-state index in [1.807, 2.05) is 6.07 Å². The summed E-state index contributed by atoms with van der Waals surface area (Å²) in [5.41, 5.74) is 4.05. The van der Waals surface area contributed by atoms with Crippen molar-refractivity contribution in [2.75, 3.05) is 20.3 Å². The molecule has 3 aromatic rings. The van der Waals surface area contributed by atoms with Crippen molar-refractivity contribution in [2.45, 2.75) is 66.1 Å². The number of nitrogens with zero attached hydrogens (tertiary/aromatic N) is 1. The average molecular weight is 560 g/mol. The number of carbonyl (C=O) groups is 1. The zero-order valence-electron chi connectivity index (χ0n) is 24.1. The number of halogens is 3. The van der Waals surface area contributed by atoms with Gasteiger partial charge in [0.05, 0.1) is 18.3 Å². The first-order chi connectivity index (χ1) is 18.9. The quantitative estimate of drug-likeness (QED) is 0.113. The fourth-order valence-corrected chi connectivity index (χ4v) is 4.52. The monoisotopic (exact) mass is 559 g/mol. The number of rotatable bonds is 14. The molecule has 0 bridgehead atoms. The number of methoxy groups -OCH3 is 1. The van der Waals surface area contributed by atoms with Crippen molar-refractivity contribution in [3.63, 3.8) is 0 Å². The summed E-state index contributed by atoms with van der Waals surface area (Å²) in [4.78, 5) is 11.6. The Bertz CT molecular complexity index is 1310. The molecule has 0 fully saturated rings. The Balaban J connectivity index is 1.92. The SMILES string of the molecule is C=C(C)C(=O)OCC(COc1ccc2cc(-c3ccc(CCCCC)cc3OC)n(CC(C)C)c2c1)C(F)(F)F. The van der Waals surface area contributed by atoms with E-state index < -0.39 is 31.3 Å². The smallest absolute Gasteiger partial charge is 0.398 e. The molecule has 0 aliphatic rings. The van der Waals surface area contributed by atoms with Crippen LogP contribution in [0.15, 0.2) is 54.6 Å². The summed E-state index contributed by atoms with van der Waals surface area (Å²) in [6.45, 7) is 10.4. The molecule has 3 rings (SSSR count). The Morgan fingerprint density at radius 1 is 1.05 bits per heavy atom. The number of carbonyl (C=O) groups excluding carboxylic acids is 1. The van der Waals surface area contributed by atoms with E-state index in [-0.39, 0.29) is 5.57 Å². The van der Waals surface area contributed by atoms with Gasteiger partial charge in [0.2, 0.25) is 0 Å². The van der Waals surface area contributed by atoms with E-state index in [4.69, 9.17) is 14.2 Å². The van der Waals surface area contributed by atoms with Crippen LogP contribution in [0.25, 0.3) is 22.2 Å². The van der Waals surface area contributed by atoms with Crippen LogP contribution in [0.4, 0.5) is 13.2 Å². The van der Waals surface area contributed by atoms with Gasteiger partial charge in [0.1, 0.15) is 30.6 Å². The molecular formula is C32H40F3NO4. The minimum absolute atomic E-state index is 0.0387. The number of esters is 1. The van der Waals surface area contributed by atoms with E-state index in [1.54, 1.807) is 19.2 Å². The number of aryl methyl sites for hydroxylation is 1. The molecule has 0 amide bonds. The molecule has 218 valence electrons. The summed E-state index contributed by atoms with van der Waals surface area (Å²) >= 11 is 0.